The van der Waals surface area contributed by atoms with Crippen LogP contribution in [0.1, 0.15) is 13.3 Å². The van der Waals surface area contributed by atoms with Crippen LogP contribution in [-0.4, -0.2) is 62.9 Å². The van der Waals surface area contributed by atoms with Gasteiger partial charge in [-0.15, -0.1) is 5.10 Å². The van der Waals surface area contributed by atoms with Crippen LogP contribution in [0.15, 0.2) is 5.16 Å². The van der Waals surface area contributed by atoms with Gasteiger partial charge in [-0.05, 0) is 23.4 Å². The van der Waals surface area contributed by atoms with Crippen LogP contribution >= 0.6 is 11.8 Å². The molecule has 1 fully saturated rings. The van der Waals surface area contributed by atoms with Crippen LogP contribution in [0.5, 0.6) is 0 Å². The molecule has 0 spiro atoms. The molecule has 2 heterocycles. The summed E-state index contributed by atoms with van der Waals surface area (Å²) in [5.41, 5.74) is 0. The topological polar surface area (TPSA) is 75.9 Å². The molecule has 1 atom stereocenters. The third kappa shape index (κ3) is 2.99. The second-order valence-corrected chi connectivity index (χ2v) is 5.36. The number of carbonyl (C=O) groups excluding carboxylic acids is 1. The van der Waals surface area contributed by atoms with Crippen molar-refractivity contribution in [2.75, 3.05) is 26.7 Å². The van der Waals surface area contributed by atoms with E-state index in [9.17, 15) is 4.79 Å². The summed E-state index contributed by atoms with van der Waals surface area (Å²) >= 11 is 1.46. The minimum atomic E-state index is -0.0427. The van der Waals surface area contributed by atoms with E-state index in [2.05, 4.69) is 27.8 Å². The smallest absolute Gasteiger partial charge is 0.235 e. The van der Waals surface area contributed by atoms with Crippen molar-refractivity contribution >= 4 is 17.7 Å². The lowest BCUT2D eigenvalue weighted by atomic mass is 10.4. The monoisotopic (exact) mass is 270 g/mol. The first kappa shape index (κ1) is 13.3. The highest BCUT2D eigenvalue weighted by Gasteiger charge is 2.31. The minimum Gasteiger partial charge on any atom is -0.345 e. The average molecular weight is 270 g/mol. The molecule has 0 aliphatic carbocycles. The Kier molecular flexibility index (Phi) is 4.54. The number of likely N-dealkylation sites (N-methyl/N-ethyl adjacent to an activating group) is 1. The molecule has 1 amide bonds. The van der Waals surface area contributed by atoms with Crippen molar-refractivity contribution in [1.29, 1.82) is 0 Å². The maximum atomic E-state index is 11.8. The van der Waals surface area contributed by atoms with Crippen molar-refractivity contribution in [2.24, 2.45) is 0 Å². The molecule has 0 radical (unpaired) electrons. The Hall–Kier alpha value is -1.15. The molecule has 1 aromatic heterocycles. The number of carbonyl (C=O) groups is 1. The standard InChI is InChI=1S/C10H18N6OS/c1-3-11-5-7-16-10(12-13-14-16)18-8-4-6-15(2)9(8)17/h8,11H,3-7H2,1-2H3. The molecule has 8 heteroatoms. The zero-order valence-electron chi connectivity index (χ0n) is 10.7. The van der Waals surface area contributed by atoms with Gasteiger partial charge in [0.1, 0.15) is 0 Å². The predicted octanol–water partition coefficient (Wildman–Crippen LogP) is -0.395. The third-order valence-corrected chi connectivity index (χ3v) is 4.10. The maximum Gasteiger partial charge on any atom is 0.235 e. The quantitative estimate of drug-likeness (QED) is 0.709. The van der Waals surface area contributed by atoms with Crippen LogP contribution in [0.25, 0.3) is 0 Å². The number of aromatic nitrogens is 4. The number of hydrogen-bond donors (Lipinski definition) is 1. The van der Waals surface area contributed by atoms with Crippen molar-refractivity contribution in [3.8, 4) is 0 Å². The number of rotatable bonds is 6. The van der Waals surface area contributed by atoms with E-state index >= 15 is 0 Å². The van der Waals surface area contributed by atoms with Gasteiger partial charge in [0.05, 0.1) is 11.8 Å². The molecule has 1 unspecified atom stereocenters. The lowest BCUT2D eigenvalue weighted by Gasteiger charge is -2.09. The van der Waals surface area contributed by atoms with Crippen molar-refractivity contribution in [3.63, 3.8) is 0 Å². The van der Waals surface area contributed by atoms with E-state index in [-0.39, 0.29) is 11.2 Å². The van der Waals surface area contributed by atoms with Gasteiger partial charge in [0.2, 0.25) is 11.1 Å². The molecule has 0 bridgehead atoms. The fourth-order valence-electron chi connectivity index (χ4n) is 1.81. The molecule has 1 aliphatic rings. The summed E-state index contributed by atoms with van der Waals surface area (Å²) in [7, 11) is 1.83. The van der Waals surface area contributed by atoms with Gasteiger partial charge in [-0.2, -0.15) is 0 Å². The molecular formula is C10H18N6OS. The van der Waals surface area contributed by atoms with Gasteiger partial charge in [-0.3, -0.25) is 4.79 Å². The van der Waals surface area contributed by atoms with Gasteiger partial charge in [0, 0.05) is 20.1 Å². The summed E-state index contributed by atoms with van der Waals surface area (Å²) in [6.45, 7) is 5.35. The van der Waals surface area contributed by atoms with Crippen LogP contribution in [0.2, 0.25) is 0 Å². The number of nitrogens with one attached hydrogen (secondary N) is 1. The van der Waals surface area contributed by atoms with Gasteiger partial charge >= 0.3 is 0 Å². The lowest BCUT2D eigenvalue weighted by Crippen LogP contribution is -2.24. The molecule has 0 saturated carbocycles. The molecule has 1 saturated heterocycles. The zero-order chi connectivity index (χ0) is 13.0. The summed E-state index contributed by atoms with van der Waals surface area (Å²) < 4.78 is 1.75. The summed E-state index contributed by atoms with van der Waals surface area (Å²) in [4.78, 5) is 13.6. The van der Waals surface area contributed by atoms with E-state index in [0.717, 1.165) is 37.8 Å². The van der Waals surface area contributed by atoms with Gasteiger partial charge in [-0.1, -0.05) is 18.7 Å². The van der Waals surface area contributed by atoms with Crippen LogP contribution in [0.3, 0.4) is 0 Å². The Morgan fingerprint density at radius 2 is 2.39 bits per heavy atom. The molecule has 7 nitrogen and oxygen atoms in total. The Labute approximate surface area is 110 Å². The SMILES string of the molecule is CCNCCn1nnnc1SC1CCN(C)C1=O. The normalized spacial score (nSPS) is 19.8. The number of tetrazole rings is 1. The Balaban J connectivity index is 1.93. The van der Waals surface area contributed by atoms with Gasteiger partial charge in [0.25, 0.3) is 0 Å². The third-order valence-electron chi connectivity index (χ3n) is 2.88. The molecule has 1 N–H and O–H groups in total. The first-order chi connectivity index (χ1) is 8.72. The van der Waals surface area contributed by atoms with Crippen LogP contribution in [0.4, 0.5) is 0 Å². The highest BCUT2D eigenvalue weighted by atomic mass is 32.2. The number of thioether (sulfide) groups is 1. The van der Waals surface area contributed by atoms with Crippen LogP contribution in [0, 0.1) is 0 Å². The van der Waals surface area contributed by atoms with E-state index < -0.39 is 0 Å². The van der Waals surface area contributed by atoms with Crippen LogP contribution in [-0.2, 0) is 11.3 Å². The molecule has 18 heavy (non-hydrogen) atoms. The molecular weight excluding hydrogens is 252 g/mol. The first-order valence-electron chi connectivity index (χ1n) is 6.11. The van der Waals surface area contributed by atoms with Gasteiger partial charge in [0.15, 0.2) is 0 Å². The van der Waals surface area contributed by atoms with Gasteiger partial charge in [-0.25, -0.2) is 4.68 Å². The molecule has 100 valence electrons. The number of hydrogen-bond acceptors (Lipinski definition) is 6. The molecule has 2 rings (SSSR count). The zero-order valence-corrected chi connectivity index (χ0v) is 11.5. The van der Waals surface area contributed by atoms with E-state index in [4.69, 9.17) is 0 Å². The van der Waals surface area contributed by atoms with E-state index in [1.807, 2.05) is 7.05 Å². The Morgan fingerprint density at radius 1 is 1.56 bits per heavy atom. The fraction of sp³-hybridized carbons (Fsp3) is 0.800. The minimum absolute atomic E-state index is 0.0427. The first-order valence-corrected chi connectivity index (χ1v) is 6.99. The van der Waals surface area contributed by atoms with Crippen molar-refractivity contribution < 1.29 is 4.79 Å². The van der Waals surface area contributed by atoms with Crippen LogP contribution < -0.4 is 5.32 Å². The highest BCUT2D eigenvalue weighted by molar-refractivity contribution is 8.00. The lowest BCUT2D eigenvalue weighted by molar-refractivity contribution is -0.126. The predicted molar refractivity (Wildman–Crippen MR) is 68.3 cm³/mol. The number of likely N-dealkylation sites (tertiary alicyclic amines) is 1. The molecule has 1 aromatic rings. The average Bonchev–Trinajstić information content (AvgIpc) is 2.92. The Morgan fingerprint density at radius 3 is 3.06 bits per heavy atom. The van der Waals surface area contributed by atoms with E-state index in [1.54, 1.807) is 9.58 Å². The maximum absolute atomic E-state index is 11.8. The highest BCUT2D eigenvalue weighted by Crippen LogP contribution is 2.28. The van der Waals surface area contributed by atoms with Gasteiger partial charge < -0.3 is 10.2 Å². The molecule has 0 aromatic carbocycles. The summed E-state index contributed by atoms with van der Waals surface area (Å²) in [6.07, 6.45) is 0.861. The Bertz CT molecular complexity index is 409. The van der Waals surface area contributed by atoms with Crippen molar-refractivity contribution in [3.05, 3.63) is 0 Å². The second kappa shape index (κ2) is 6.14. The number of amides is 1. The summed E-state index contributed by atoms with van der Waals surface area (Å²) in [6, 6.07) is 0. The van der Waals surface area contributed by atoms with E-state index in [1.165, 1.54) is 11.8 Å². The van der Waals surface area contributed by atoms with Crippen molar-refractivity contribution in [2.45, 2.75) is 30.3 Å². The van der Waals surface area contributed by atoms with Crippen molar-refractivity contribution in [1.82, 2.24) is 30.4 Å². The van der Waals surface area contributed by atoms with E-state index in [0.29, 0.717) is 0 Å². The summed E-state index contributed by atoms with van der Waals surface area (Å²) in [5, 5.41) is 15.5. The molecule has 1 aliphatic heterocycles. The largest absolute Gasteiger partial charge is 0.345 e. The fourth-order valence-corrected chi connectivity index (χ4v) is 2.90. The number of nitrogens with zero attached hydrogens (tertiary/aromatic N) is 5. The second-order valence-electron chi connectivity index (χ2n) is 4.19. The summed E-state index contributed by atoms with van der Waals surface area (Å²) in [5.74, 6) is 0.168.